The normalized spacial score (nSPS) is 9.58. The molecule has 0 aromatic heterocycles. The second kappa shape index (κ2) is 5.82. The van der Waals surface area contributed by atoms with Crippen molar-refractivity contribution < 1.29 is 23.5 Å². The predicted octanol–water partition coefficient (Wildman–Crippen LogP) is 1.76. The molecule has 2 N–H and O–H groups in total. The third-order valence-electron chi connectivity index (χ3n) is 2.18. The fourth-order valence-electron chi connectivity index (χ4n) is 1.28. The zero-order chi connectivity index (χ0) is 14.6. The van der Waals surface area contributed by atoms with E-state index >= 15 is 0 Å². The van der Waals surface area contributed by atoms with E-state index in [4.69, 9.17) is 11.5 Å². The summed E-state index contributed by atoms with van der Waals surface area (Å²) in [6.45, 7) is 0.0179. The molecule has 7 heteroatoms. The van der Waals surface area contributed by atoms with Crippen LogP contribution in [0.4, 0.5) is 19.3 Å². The molecule has 5 nitrogen and oxygen atoms in total. The van der Waals surface area contributed by atoms with Crippen molar-refractivity contribution in [3.63, 3.8) is 0 Å². The molecule has 0 atom stereocenters. The number of carboxylic acid groups (broad SMARTS) is 1. The Bertz CT molecular complexity index is 544. The van der Waals surface area contributed by atoms with Crippen LogP contribution in [0.3, 0.4) is 0 Å². The van der Waals surface area contributed by atoms with Gasteiger partial charge < -0.3 is 15.3 Å². The fraction of sp³-hybridized carbons (Fsp3) is 0.167. The van der Waals surface area contributed by atoms with Gasteiger partial charge in [-0.2, -0.15) is 0 Å². The molecule has 0 spiro atoms. The number of anilines is 1. The SMILES string of the molecule is C#CCN(C)C(=O)Nc1cc(F)c(C(=O)O)c(F)c1. The van der Waals surface area contributed by atoms with Crippen LogP contribution in [0.15, 0.2) is 12.1 Å². The first kappa shape index (κ1) is 14.4. The van der Waals surface area contributed by atoms with Crippen LogP contribution < -0.4 is 5.32 Å². The van der Waals surface area contributed by atoms with Gasteiger partial charge in [-0.3, -0.25) is 0 Å². The van der Waals surface area contributed by atoms with Gasteiger partial charge in [-0.05, 0) is 12.1 Å². The highest BCUT2D eigenvalue weighted by Gasteiger charge is 2.18. The number of carbonyl (C=O) groups is 2. The molecule has 0 radical (unpaired) electrons. The third-order valence-corrected chi connectivity index (χ3v) is 2.18. The Morgan fingerprint density at radius 3 is 2.37 bits per heavy atom. The number of nitrogens with one attached hydrogen (secondary N) is 1. The number of amides is 2. The Labute approximate surface area is 107 Å². The average molecular weight is 268 g/mol. The minimum atomic E-state index is -1.72. The van der Waals surface area contributed by atoms with Crippen LogP contribution in [0.1, 0.15) is 10.4 Å². The molecular weight excluding hydrogens is 258 g/mol. The van der Waals surface area contributed by atoms with E-state index < -0.39 is 29.2 Å². The molecule has 1 aromatic carbocycles. The molecule has 1 rings (SSSR count). The maximum absolute atomic E-state index is 13.3. The smallest absolute Gasteiger partial charge is 0.341 e. The van der Waals surface area contributed by atoms with Gasteiger partial charge in [0.15, 0.2) is 0 Å². The van der Waals surface area contributed by atoms with E-state index in [0.717, 1.165) is 4.90 Å². The maximum Gasteiger partial charge on any atom is 0.341 e. The number of hydrogen-bond donors (Lipinski definition) is 2. The molecule has 0 aliphatic rings. The van der Waals surface area contributed by atoms with Crippen LogP contribution >= 0.6 is 0 Å². The van der Waals surface area contributed by atoms with E-state index in [1.807, 2.05) is 0 Å². The largest absolute Gasteiger partial charge is 0.477 e. The highest BCUT2D eigenvalue weighted by molar-refractivity contribution is 5.92. The summed E-state index contributed by atoms with van der Waals surface area (Å²) in [7, 11) is 1.40. The summed E-state index contributed by atoms with van der Waals surface area (Å²) in [6, 6.07) is 0.766. The summed E-state index contributed by atoms with van der Waals surface area (Å²) in [5.41, 5.74) is -1.27. The Balaban J connectivity index is 2.96. The van der Waals surface area contributed by atoms with Gasteiger partial charge in [-0.15, -0.1) is 6.42 Å². The van der Waals surface area contributed by atoms with Gasteiger partial charge in [0.1, 0.15) is 17.2 Å². The topological polar surface area (TPSA) is 69.6 Å². The van der Waals surface area contributed by atoms with Crippen molar-refractivity contribution in [3.05, 3.63) is 29.3 Å². The van der Waals surface area contributed by atoms with Crippen LogP contribution in [0.5, 0.6) is 0 Å². The number of nitrogens with zero attached hydrogens (tertiary/aromatic N) is 1. The Hall–Kier alpha value is -2.62. The van der Waals surface area contributed by atoms with Crippen molar-refractivity contribution in [1.29, 1.82) is 0 Å². The van der Waals surface area contributed by atoms with E-state index in [9.17, 15) is 18.4 Å². The molecule has 19 heavy (non-hydrogen) atoms. The highest BCUT2D eigenvalue weighted by Crippen LogP contribution is 2.19. The minimum Gasteiger partial charge on any atom is -0.477 e. The van der Waals surface area contributed by atoms with Gasteiger partial charge in [0.25, 0.3) is 0 Å². The number of carbonyl (C=O) groups excluding carboxylic acids is 1. The standard InChI is InChI=1S/C12H10F2N2O3/c1-3-4-16(2)12(19)15-7-5-8(13)10(11(17)18)9(14)6-7/h1,5-6H,4H2,2H3,(H,15,19)(H,17,18). The first-order valence-electron chi connectivity index (χ1n) is 5.04. The lowest BCUT2D eigenvalue weighted by Gasteiger charge is -2.15. The Morgan fingerprint density at radius 1 is 1.42 bits per heavy atom. The number of hydrogen-bond acceptors (Lipinski definition) is 2. The lowest BCUT2D eigenvalue weighted by atomic mass is 10.2. The number of benzene rings is 1. The van der Waals surface area contributed by atoms with Gasteiger partial charge in [0, 0.05) is 12.7 Å². The fourth-order valence-corrected chi connectivity index (χ4v) is 1.28. The number of aromatic carboxylic acids is 1. The number of urea groups is 1. The van der Waals surface area contributed by atoms with Gasteiger partial charge in [0.2, 0.25) is 0 Å². The summed E-state index contributed by atoms with van der Waals surface area (Å²) in [5, 5.41) is 10.8. The molecule has 0 unspecified atom stereocenters. The van der Waals surface area contributed by atoms with Crippen LogP contribution in [0, 0.1) is 24.0 Å². The summed E-state index contributed by atoms with van der Waals surface area (Å²) < 4.78 is 26.7. The molecule has 2 amide bonds. The summed E-state index contributed by atoms with van der Waals surface area (Å²) in [4.78, 5) is 23.2. The van der Waals surface area contributed by atoms with Crippen molar-refractivity contribution in [1.82, 2.24) is 4.90 Å². The van der Waals surface area contributed by atoms with E-state index in [-0.39, 0.29) is 12.2 Å². The molecule has 0 fully saturated rings. The van der Waals surface area contributed by atoms with Crippen LogP contribution in [0.25, 0.3) is 0 Å². The third kappa shape index (κ3) is 3.42. The van der Waals surface area contributed by atoms with Crippen molar-refractivity contribution in [2.75, 3.05) is 18.9 Å². The number of halogens is 2. The van der Waals surface area contributed by atoms with Crippen molar-refractivity contribution in [2.45, 2.75) is 0 Å². The molecule has 0 aliphatic heterocycles. The molecule has 0 saturated carbocycles. The second-order valence-corrected chi connectivity index (χ2v) is 3.61. The lowest BCUT2D eigenvalue weighted by molar-refractivity contribution is 0.0686. The lowest BCUT2D eigenvalue weighted by Crippen LogP contribution is -2.31. The molecular formula is C12H10F2N2O3. The second-order valence-electron chi connectivity index (χ2n) is 3.61. The molecule has 0 aliphatic carbocycles. The van der Waals surface area contributed by atoms with E-state index in [2.05, 4.69) is 11.2 Å². The van der Waals surface area contributed by atoms with E-state index in [0.29, 0.717) is 12.1 Å². The van der Waals surface area contributed by atoms with Crippen molar-refractivity contribution >= 4 is 17.7 Å². The average Bonchev–Trinajstić information content (AvgIpc) is 2.27. The van der Waals surface area contributed by atoms with Crippen molar-refractivity contribution in [2.24, 2.45) is 0 Å². The monoisotopic (exact) mass is 268 g/mol. The Morgan fingerprint density at radius 2 is 1.95 bits per heavy atom. The Kier molecular flexibility index (Phi) is 4.42. The first-order valence-corrected chi connectivity index (χ1v) is 5.04. The highest BCUT2D eigenvalue weighted by atomic mass is 19.1. The minimum absolute atomic E-state index is 0.0179. The zero-order valence-electron chi connectivity index (χ0n) is 9.91. The van der Waals surface area contributed by atoms with Gasteiger partial charge >= 0.3 is 12.0 Å². The molecule has 0 heterocycles. The summed E-state index contributed by atoms with van der Waals surface area (Å²) >= 11 is 0. The quantitative estimate of drug-likeness (QED) is 0.821. The molecule has 0 bridgehead atoms. The van der Waals surface area contributed by atoms with Crippen LogP contribution in [0.2, 0.25) is 0 Å². The van der Waals surface area contributed by atoms with Crippen molar-refractivity contribution in [3.8, 4) is 12.3 Å². The number of terminal acetylenes is 1. The molecule has 1 aromatic rings. The van der Waals surface area contributed by atoms with Crippen LogP contribution in [-0.4, -0.2) is 35.6 Å². The summed E-state index contributed by atoms with van der Waals surface area (Å²) in [5.74, 6) is -2.06. The number of rotatable bonds is 3. The van der Waals surface area contributed by atoms with Gasteiger partial charge in [-0.1, -0.05) is 5.92 Å². The first-order chi connectivity index (χ1) is 8.86. The van der Waals surface area contributed by atoms with E-state index in [1.165, 1.54) is 7.05 Å². The van der Waals surface area contributed by atoms with E-state index in [1.54, 1.807) is 0 Å². The van der Waals surface area contributed by atoms with Gasteiger partial charge in [0.05, 0.1) is 6.54 Å². The van der Waals surface area contributed by atoms with Gasteiger partial charge in [-0.25, -0.2) is 18.4 Å². The zero-order valence-corrected chi connectivity index (χ0v) is 9.91. The maximum atomic E-state index is 13.3. The van der Waals surface area contributed by atoms with Crippen LogP contribution in [-0.2, 0) is 0 Å². The summed E-state index contributed by atoms with van der Waals surface area (Å²) in [6.07, 6.45) is 5.01. The molecule has 100 valence electrons. The molecule has 0 saturated heterocycles. The number of carboxylic acids is 1. The predicted molar refractivity (Wildman–Crippen MR) is 63.8 cm³/mol.